The van der Waals surface area contributed by atoms with Crippen LogP contribution in [-0.2, 0) is 4.79 Å². The number of carbonyl (C=O) groups excluding carboxylic acids is 3. The SMILES string of the molecule is NC(=O)Nc1cccc(NC(=O)CCCNC(=O)c2ccccc2)c1. The Bertz CT molecular complexity index is 747. The summed E-state index contributed by atoms with van der Waals surface area (Å²) in [4.78, 5) is 34.6. The summed E-state index contributed by atoms with van der Waals surface area (Å²) in [6, 6.07) is 14.9. The zero-order valence-corrected chi connectivity index (χ0v) is 13.6. The lowest BCUT2D eigenvalue weighted by atomic mass is 10.2. The Kier molecular flexibility index (Phi) is 6.53. The molecule has 0 spiro atoms. The summed E-state index contributed by atoms with van der Waals surface area (Å²) in [5, 5.41) is 7.94. The standard InChI is InChI=1S/C18H20N4O3/c19-18(25)22-15-9-4-8-14(12-15)21-16(23)10-5-11-20-17(24)13-6-2-1-3-7-13/h1-4,6-9,12H,5,10-11H2,(H,20,24)(H,21,23)(H3,19,22,25). The largest absolute Gasteiger partial charge is 0.352 e. The third kappa shape index (κ3) is 6.34. The van der Waals surface area contributed by atoms with Gasteiger partial charge in [0.25, 0.3) is 5.91 Å². The monoisotopic (exact) mass is 340 g/mol. The molecule has 0 aromatic heterocycles. The number of hydrogen-bond acceptors (Lipinski definition) is 3. The first-order valence-electron chi connectivity index (χ1n) is 7.84. The third-order valence-electron chi connectivity index (χ3n) is 3.32. The van der Waals surface area contributed by atoms with Crippen LogP contribution in [0.2, 0.25) is 0 Å². The van der Waals surface area contributed by atoms with Crippen molar-refractivity contribution in [2.75, 3.05) is 17.2 Å². The molecular weight excluding hydrogens is 320 g/mol. The lowest BCUT2D eigenvalue weighted by molar-refractivity contribution is -0.116. The molecule has 0 atom stereocenters. The molecule has 2 aromatic rings. The van der Waals surface area contributed by atoms with Crippen molar-refractivity contribution in [2.45, 2.75) is 12.8 Å². The minimum Gasteiger partial charge on any atom is -0.352 e. The van der Waals surface area contributed by atoms with E-state index in [-0.39, 0.29) is 18.2 Å². The van der Waals surface area contributed by atoms with E-state index in [1.807, 2.05) is 6.07 Å². The van der Waals surface area contributed by atoms with Crippen molar-refractivity contribution >= 4 is 29.2 Å². The van der Waals surface area contributed by atoms with Gasteiger partial charge >= 0.3 is 6.03 Å². The smallest absolute Gasteiger partial charge is 0.316 e. The van der Waals surface area contributed by atoms with Gasteiger partial charge in [0.1, 0.15) is 0 Å². The molecule has 0 fully saturated rings. The fourth-order valence-corrected chi connectivity index (χ4v) is 2.18. The normalized spacial score (nSPS) is 9.92. The lowest BCUT2D eigenvalue weighted by Crippen LogP contribution is -2.25. The maximum Gasteiger partial charge on any atom is 0.316 e. The summed E-state index contributed by atoms with van der Waals surface area (Å²) in [7, 11) is 0. The first-order valence-corrected chi connectivity index (χ1v) is 7.84. The van der Waals surface area contributed by atoms with Crippen LogP contribution in [-0.4, -0.2) is 24.4 Å². The summed E-state index contributed by atoms with van der Waals surface area (Å²) in [5.74, 6) is -0.337. The molecule has 0 aliphatic rings. The first-order chi connectivity index (χ1) is 12.0. The minimum absolute atomic E-state index is 0.161. The Labute approximate surface area is 145 Å². The van der Waals surface area contributed by atoms with Gasteiger partial charge in [-0.1, -0.05) is 24.3 Å². The summed E-state index contributed by atoms with van der Waals surface area (Å²) < 4.78 is 0. The predicted molar refractivity (Wildman–Crippen MR) is 96.3 cm³/mol. The molecule has 0 saturated heterocycles. The van der Waals surface area contributed by atoms with E-state index in [9.17, 15) is 14.4 Å². The van der Waals surface area contributed by atoms with Crippen molar-refractivity contribution in [2.24, 2.45) is 5.73 Å². The molecule has 0 bridgehead atoms. The van der Waals surface area contributed by atoms with Crippen molar-refractivity contribution in [1.29, 1.82) is 0 Å². The van der Waals surface area contributed by atoms with Crippen LogP contribution in [0.3, 0.4) is 0 Å². The molecule has 0 saturated carbocycles. The number of carbonyl (C=O) groups is 3. The van der Waals surface area contributed by atoms with E-state index in [4.69, 9.17) is 5.73 Å². The van der Waals surface area contributed by atoms with E-state index in [0.29, 0.717) is 29.9 Å². The number of nitrogens with two attached hydrogens (primary N) is 1. The van der Waals surface area contributed by atoms with E-state index >= 15 is 0 Å². The van der Waals surface area contributed by atoms with Crippen molar-refractivity contribution in [1.82, 2.24) is 5.32 Å². The maximum absolute atomic E-state index is 11.9. The van der Waals surface area contributed by atoms with Gasteiger partial charge in [-0.05, 0) is 36.8 Å². The second-order valence-corrected chi connectivity index (χ2v) is 5.34. The highest BCUT2D eigenvalue weighted by Crippen LogP contribution is 2.15. The molecule has 0 aliphatic heterocycles. The van der Waals surface area contributed by atoms with E-state index < -0.39 is 6.03 Å². The van der Waals surface area contributed by atoms with Crippen LogP contribution in [0.1, 0.15) is 23.2 Å². The number of primary amides is 1. The summed E-state index contributed by atoms with van der Waals surface area (Å²) in [6.07, 6.45) is 0.784. The number of nitrogens with one attached hydrogen (secondary N) is 3. The molecule has 0 unspecified atom stereocenters. The van der Waals surface area contributed by atoms with Gasteiger partial charge in [-0.3, -0.25) is 9.59 Å². The number of anilines is 2. The van der Waals surface area contributed by atoms with Crippen molar-refractivity contribution in [3.63, 3.8) is 0 Å². The summed E-state index contributed by atoms with van der Waals surface area (Å²) >= 11 is 0. The molecule has 25 heavy (non-hydrogen) atoms. The van der Waals surface area contributed by atoms with Gasteiger partial charge in [0.05, 0.1) is 0 Å². The Morgan fingerprint density at radius 3 is 2.24 bits per heavy atom. The van der Waals surface area contributed by atoms with Gasteiger partial charge in [0.15, 0.2) is 0 Å². The predicted octanol–water partition coefficient (Wildman–Crippen LogP) is 2.33. The number of hydrogen-bond donors (Lipinski definition) is 4. The molecule has 7 heteroatoms. The van der Waals surface area contributed by atoms with Gasteiger partial charge in [-0.15, -0.1) is 0 Å². The van der Waals surface area contributed by atoms with E-state index in [2.05, 4.69) is 16.0 Å². The molecule has 4 amide bonds. The summed E-state index contributed by atoms with van der Waals surface area (Å²) in [6.45, 7) is 0.407. The molecule has 0 heterocycles. The van der Waals surface area contributed by atoms with Crippen LogP contribution in [0.15, 0.2) is 54.6 Å². The molecule has 2 aromatic carbocycles. The molecule has 0 aliphatic carbocycles. The Morgan fingerprint density at radius 2 is 1.56 bits per heavy atom. The zero-order valence-electron chi connectivity index (χ0n) is 13.6. The number of amides is 4. The van der Waals surface area contributed by atoms with E-state index in [1.54, 1.807) is 48.5 Å². The number of rotatable bonds is 7. The highest BCUT2D eigenvalue weighted by Gasteiger charge is 2.06. The molecule has 7 nitrogen and oxygen atoms in total. The third-order valence-corrected chi connectivity index (χ3v) is 3.32. The number of urea groups is 1. The minimum atomic E-state index is -0.669. The fourth-order valence-electron chi connectivity index (χ4n) is 2.18. The quantitative estimate of drug-likeness (QED) is 0.580. The van der Waals surface area contributed by atoms with Crippen molar-refractivity contribution in [3.05, 3.63) is 60.2 Å². The van der Waals surface area contributed by atoms with Gasteiger partial charge < -0.3 is 21.7 Å². The van der Waals surface area contributed by atoms with Crippen LogP contribution < -0.4 is 21.7 Å². The molecule has 2 rings (SSSR count). The second kappa shape index (κ2) is 9.07. The average molecular weight is 340 g/mol. The molecule has 130 valence electrons. The Morgan fingerprint density at radius 1 is 0.880 bits per heavy atom. The Balaban J connectivity index is 1.72. The topological polar surface area (TPSA) is 113 Å². The molecular formula is C18H20N4O3. The fraction of sp³-hybridized carbons (Fsp3) is 0.167. The van der Waals surface area contributed by atoms with Gasteiger partial charge in [0, 0.05) is 29.9 Å². The molecule has 0 radical (unpaired) electrons. The van der Waals surface area contributed by atoms with Crippen molar-refractivity contribution in [3.8, 4) is 0 Å². The van der Waals surface area contributed by atoms with Crippen molar-refractivity contribution < 1.29 is 14.4 Å². The van der Waals surface area contributed by atoms with E-state index in [1.165, 1.54) is 0 Å². The van der Waals surface area contributed by atoms with Crippen LogP contribution in [0.5, 0.6) is 0 Å². The zero-order chi connectivity index (χ0) is 18.1. The van der Waals surface area contributed by atoms with Crippen LogP contribution in [0.4, 0.5) is 16.2 Å². The average Bonchev–Trinajstić information content (AvgIpc) is 2.59. The second-order valence-electron chi connectivity index (χ2n) is 5.34. The van der Waals surface area contributed by atoms with E-state index in [0.717, 1.165) is 0 Å². The van der Waals surface area contributed by atoms with Gasteiger partial charge in [-0.25, -0.2) is 4.79 Å². The number of benzene rings is 2. The maximum atomic E-state index is 11.9. The molecule has 5 N–H and O–H groups in total. The van der Waals surface area contributed by atoms with Gasteiger partial charge in [-0.2, -0.15) is 0 Å². The Hall–Kier alpha value is -3.35. The first kappa shape index (κ1) is 18.0. The highest BCUT2D eigenvalue weighted by molar-refractivity contribution is 5.94. The highest BCUT2D eigenvalue weighted by atomic mass is 16.2. The van der Waals surface area contributed by atoms with Crippen LogP contribution in [0, 0.1) is 0 Å². The van der Waals surface area contributed by atoms with Crippen LogP contribution >= 0.6 is 0 Å². The van der Waals surface area contributed by atoms with Crippen LogP contribution in [0.25, 0.3) is 0 Å². The lowest BCUT2D eigenvalue weighted by Gasteiger charge is -2.08. The summed E-state index contributed by atoms with van der Waals surface area (Å²) in [5.41, 5.74) is 6.70. The van der Waals surface area contributed by atoms with Gasteiger partial charge in [0.2, 0.25) is 5.91 Å².